The maximum atomic E-state index is 12.4. The maximum Gasteiger partial charge on any atom is 0.138 e. The van der Waals surface area contributed by atoms with Crippen molar-refractivity contribution >= 4 is 5.78 Å². The molecular formula is C20H30O. The second-order valence-corrected chi connectivity index (χ2v) is 7.85. The molecule has 3 atom stereocenters. The van der Waals surface area contributed by atoms with Gasteiger partial charge in [0.15, 0.2) is 0 Å². The predicted octanol–water partition coefficient (Wildman–Crippen LogP) is 5.49. The first-order chi connectivity index (χ1) is 9.73. The average molecular weight is 286 g/mol. The summed E-state index contributed by atoms with van der Waals surface area (Å²) in [5.74, 6) is 1.45. The molecule has 0 aromatic carbocycles. The average Bonchev–Trinajstić information content (AvgIpc) is 2.42. The number of carbonyl (C=O) groups is 1. The second kappa shape index (κ2) is 5.59. The van der Waals surface area contributed by atoms with Gasteiger partial charge in [-0.3, -0.25) is 4.79 Å². The van der Waals surface area contributed by atoms with Crippen molar-refractivity contribution in [3.8, 4) is 0 Å². The molecule has 2 fully saturated rings. The molecule has 0 saturated heterocycles. The third-order valence-corrected chi connectivity index (χ3v) is 6.36. The van der Waals surface area contributed by atoms with Crippen LogP contribution in [0.5, 0.6) is 0 Å². The van der Waals surface area contributed by atoms with Crippen LogP contribution in [-0.2, 0) is 4.79 Å². The van der Waals surface area contributed by atoms with E-state index in [0.717, 1.165) is 44.1 Å². The molecule has 0 aromatic heterocycles. The third kappa shape index (κ3) is 2.67. The van der Waals surface area contributed by atoms with Crippen molar-refractivity contribution in [2.45, 2.75) is 59.3 Å². The molecule has 2 aliphatic rings. The molecule has 2 aliphatic carbocycles. The SMILES string of the molecule is C=CC(=C)CCC1C(=C)CCC2C(C)(C)C(=O)CCC12C. The number of allylic oxidation sites excluding steroid dienone is 3. The van der Waals surface area contributed by atoms with E-state index < -0.39 is 0 Å². The molecular weight excluding hydrogens is 256 g/mol. The smallest absolute Gasteiger partial charge is 0.138 e. The van der Waals surface area contributed by atoms with Gasteiger partial charge in [0, 0.05) is 11.8 Å². The highest BCUT2D eigenvalue weighted by molar-refractivity contribution is 5.85. The van der Waals surface area contributed by atoms with Crippen molar-refractivity contribution in [1.82, 2.24) is 0 Å². The van der Waals surface area contributed by atoms with Crippen molar-refractivity contribution in [2.75, 3.05) is 0 Å². The Morgan fingerprint density at radius 2 is 2.00 bits per heavy atom. The Labute approximate surface area is 130 Å². The lowest BCUT2D eigenvalue weighted by atomic mass is 9.47. The highest BCUT2D eigenvalue weighted by Crippen LogP contribution is 2.60. The molecule has 0 amide bonds. The first-order valence-electron chi connectivity index (χ1n) is 8.24. The summed E-state index contributed by atoms with van der Waals surface area (Å²) < 4.78 is 0. The van der Waals surface area contributed by atoms with Crippen LogP contribution in [0.3, 0.4) is 0 Å². The Balaban J connectivity index is 2.27. The quantitative estimate of drug-likeness (QED) is 0.493. The zero-order chi connectivity index (χ0) is 15.8. The van der Waals surface area contributed by atoms with Crippen LogP contribution in [0.2, 0.25) is 0 Å². The molecule has 0 radical (unpaired) electrons. The van der Waals surface area contributed by atoms with Gasteiger partial charge in [0.1, 0.15) is 5.78 Å². The van der Waals surface area contributed by atoms with Gasteiger partial charge in [0.2, 0.25) is 0 Å². The van der Waals surface area contributed by atoms with Crippen LogP contribution in [0.1, 0.15) is 59.3 Å². The number of Topliss-reactive ketones (excluding diaryl/α,β-unsaturated/α-hetero) is 1. The van der Waals surface area contributed by atoms with Gasteiger partial charge < -0.3 is 0 Å². The van der Waals surface area contributed by atoms with Gasteiger partial charge in [-0.25, -0.2) is 0 Å². The second-order valence-electron chi connectivity index (χ2n) is 7.85. The lowest BCUT2D eigenvalue weighted by Gasteiger charge is -2.57. The van der Waals surface area contributed by atoms with Crippen molar-refractivity contribution in [2.24, 2.45) is 22.7 Å². The van der Waals surface area contributed by atoms with Crippen LogP contribution in [0.15, 0.2) is 37.0 Å². The molecule has 1 heteroatoms. The maximum absolute atomic E-state index is 12.4. The number of hydrogen-bond acceptors (Lipinski definition) is 1. The number of ketones is 1. The van der Waals surface area contributed by atoms with E-state index in [1.165, 1.54) is 5.57 Å². The molecule has 0 bridgehead atoms. The lowest BCUT2D eigenvalue weighted by molar-refractivity contribution is -0.144. The molecule has 21 heavy (non-hydrogen) atoms. The molecule has 0 N–H and O–H groups in total. The Morgan fingerprint density at radius 3 is 2.62 bits per heavy atom. The van der Waals surface area contributed by atoms with Crippen molar-refractivity contribution in [1.29, 1.82) is 0 Å². The molecule has 0 aromatic rings. The third-order valence-electron chi connectivity index (χ3n) is 6.36. The number of fused-ring (bicyclic) bond motifs is 1. The Hall–Kier alpha value is -1.11. The van der Waals surface area contributed by atoms with Gasteiger partial charge in [-0.2, -0.15) is 0 Å². The topological polar surface area (TPSA) is 17.1 Å². The van der Waals surface area contributed by atoms with Crippen molar-refractivity contribution in [3.63, 3.8) is 0 Å². The summed E-state index contributed by atoms with van der Waals surface area (Å²) in [5, 5.41) is 0. The van der Waals surface area contributed by atoms with Crippen LogP contribution < -0.4 is 0 Å². The first kappa shape index (κ1) is 16.3. The van der Waals surface area contributed by atoms with Gasteiger partial charge >= 0.3 is 0 Å². The van der Waals surface area contributed by atoms with Crippen molar-refractivity contribution in [3.05, 3.63) is 37.0 Å². The predicted molar refractivity (Wildman–Crippen MR) is 90.1 cm³/mol. The van der Waals surface area contributed by atoms with E-state index in [1.807, 2.05) is 6.08 Å². The van der Waals surface area contributed by atoms with E-state index in [9.17, 15) is 4.79 Å². The van der Waals surface area contributed by atoms with Gasteiger partial charge in [-0.15, -0.1) is 0 Å². The monoisotopic (exact) mass is 286 g/mol. The van der Waals surface area contributed by atoms with Crippen LogP contribution in [-0.4, -0.2) is 5.78 Å². The summed E-state index contributed by atoms with van der Waals surface area (Å²) in [6.07, 6.45) is 7.89. The van der Waals surface area contributed by atoms with E-state index in [0.29, 0.717) is 17.6 Å². The van der Waals surface area contributed by atoms with E-state index >= 15 is 0 Å². The van der Waals surface area contributed by atoms with Gasteiger partial charge in [-0.1, -0.05) is 57.7 Å². The Bertz CT molecular complexity index is 482. The zero-order valence-corrected chi connectivity index (χ0v) is 14.0. The van der Waals surface area contributed by atoms with Crippen LogP contribution in [0.4, 0.5) is 0 Å². The minimum absolute atomic E-state index is 0.179. The Morgan fingerprint density at radius 1 is 1.33 bits per heavy atom. The molecule has 0 aliphatic heterocycles. The van der Waals surface area contributed by atoms with Gasteiger partial charge in [-0.05, 0) is 49.4 Å². The number of carbonyl (C=O) groups excluding carboxylic acids is 1. The molecule has 1 nitrogen and oxygen atoms in total. The Kier molecular flexibility index (Phi) is 4.33. The van der Waals surface area contributed by atoms with Gasteiger partial charge in [0.05, 0.1) is 0 Å². The summed E-state index contributed by atoms with van der Waals surface area (Å²) in [4.78, 5) is 12.4. The van der Waals surface area contributed by atoms with E-state index in [2.05, 4.69) is 40.5 Å². The number of hydrogen-bond donors (Lipinski definition) is 0. The number of rotatable bonds is 4. The minimum atomic E-state index is -0.179. The van der Waals surface area contributed by atoms with Crippen LogP contribution in [0.25, 0.3) is 0 Å². The fourth-order valence-corrected chi connectivity index (χ4v) is 4.94. The largest absolute Gasteiger partial charge is 0.299 e. The standard InChI is InChI=1S/C20H30O/c1-7-14(2)8-10-16-15(3)9-11-17-19(4,5)18(21)12-13-20(16,17)6/h7,16-17H,1-3,8-13H2,4-6H3. The molecule has 0 heterocycles. The fourth-order valence-electron chi connectivity index (χ4n) is 4.94. The van der Waals surface area contributed by atoms with Crippen LogP contribution in [0, 0.1) is 22.7 Å². The summed E-state index contributed by atoms with van der Waals surface area (Å²) in [6, 6.07) is 0. The summed E-state index contributed by atoms with van der Waals surface area (Å²) in [7, 11) is 0. The normalized spacial score (nSPS) is 35.2. The van der Waals surface area contributed by atoms with E-state index in [-0.39, 0.29) is 10.8 Å². The zero-order valence-electron chi connectivity index (χ0n) is 14.0. The van der Waals surface area contributed by atoms with Crippen molar-refractivity contribution < 1.29 is 4.79 Å². The summed E-state index contributed by atoms with van der Waals surface area (Å²) in [6.45, 7) is 18.9. The summed E-state index contributed by atoms with van der Waals surface area (Å²) in [5.41, 5.74) is 2.53. The van der Waals surface area contributed by atoms with E-state index in [4.69, 9.17) is 0 Å². The van der Waals surface area contributed by atoms with E-state index in [1.54, 1.807) is 0 Å². The molecule has 116 valence electrons. The van der Waals surface area contributed by atoms with Crippen LogP contribution >= 0.6 is 0 Å². The lowest BCUT2D eigenvalue weighted by Crippen LogP contribution is -2.53. The highest BCUT2D eigenvalue weighted by Gasteiger charge is 2.55. The molecule has 2 saturated carbocycles. The molecule has 3 unspecified atom stereocenters. The minimum Gasteiger partial charge on any atom is -0.299 e. The van der Waals surface area contributed by atoms with Gasteiger partial charge in [0.25, 0.3) is 0 Å². The molecule has 2 rings (SSSR count). The molecule has 0 spiro atoms. The fraction of sp³-hybridized carbons (Fsp3) is 0.650. The highest BCUT2D eigenvalue weighted by atomic mass is 16.1. The first-order valence-corrected chi connectivity index (χ1v) is 8.24. The summed E-state index contributed by atoms with van der Waals surface area (Å²) >= 11 is 0.